The normalized spacial score (nSPS) is 10.3. The average Bonchev–Trinajstić information content (AvgIpc) is 2.75. The number of aromatic nitrogens is 3. The van der Waals surface area contributed by atoms with Crippen LogP contribution >= 0.6 is 11.3 Å². The van der Waals surface area contributed by atoms with Crippen LogP contribution in [-0.4, -0.2) is 27.4 Å². The molecule has 2 aromatic rings. The second-order valence-corrected chi connectivity index (χ2v) is 4.75. The van der Waals surface area contributed by atoms with Gasteiger partial charge in [0.25, 0.3) is 5.91 Å². The molecule has 94 valence electrons. The minimum atomic E-state index is -0.582. The number of hydrogen-bond donors (Lipinski definition) is 2. The topological polar surface area (TPSA) is 93.8 Å². The first-order valence-electron chi connectivity index (χ1n) is 5.42. The maximum Gasteiger partial charge on any atom is 0.268 e. The van der Waals surface area contributed by atoms with Gasteiger partial charge in [-0.3, -0.25) is 9.78 Å². The molecule has 0 atom stereocenters. The van der Waals surface area contributed by atoms with E-state index < -0.39 is 5.91 Å². The van der Waals surface area contributed by atoms with Crippen molar-refractivity contribution in [1.82, 2.24) is 15.0 Å². The summed E-state index contributed by atoms with van der Waals surface area (Å²) in [6, 6.07) is 0. The Morgan fingerprint density at radius 3 is 2.94 bits per heavy atom. The van der Waals surface area contributed by atoms with Crippen molar-refractivity contribution in [3.8, 4) is 0 Å². The molecule has 6 nitrogen and oxygen atoms in total. The van der Waals surface area contributed by atoms with Crippen molar-refractivity contribution in [2.75, 3.05) is 11.9 Å². The van der Waals surface area contributed by atoms with Gasteiger partial charge < -0.3 is 11.1 Å². The smallest absolute Gasteiger partial charge is 0.268 e. The number of rotatable bonds is 5. The Morgan fingerprint density at radius 2 is 2.28 bits per heavy atom. The van der Waals surface area contributed by atoms with Crippen LogP contribution in [0.2, 0.25) is 0 Å². The van der Waals surface area contributed by atoms with Crippen molar-refractivity contribution in [3.63, 3.8) is 0 Å². The highest BCUT2D eigenvalue weighted by atomic mass is 32.1. The molecule has 0 aliphatic carbocycles. The molecular weight excluding hydrogens is 250 g/mol. The molecular formula is C11H13N5OS. The molecule has 0 aliphatic heterocycles. The molecule has 0 unspecified atom stereocenters. The molecule has 0 bridgehead atoms. The van der Waals surface area contributed by atoms with Gasteiger partial charge in [0.1, 0.15) is 11.5 Å². The number of anilines is 1. The molecule has 0 fully saturated rings. The van der Waals surface area contributed by atoms with E-state index in [4.69, 9.17) is 5.73 Å². The summed E-state index contributed by atoms with van der Waals surface area (Å²) in [4.78, 5) is 23.2. The van der Waals surface area contributed by atoms with Crippen LogP contribution < -0.4 is 11.1 Å². The minimum absolute atomic E-state index is 0.157. The van der Waals surface area contributed by atoms with E-state index in [1.807, 2.05) is 12.3 Å². The minimum Gasteiger partial charge on any atom is -0.368 e. The molecule has 0 radical (unpaired) electrons. The van der Waals surface area contributed by atoms with Gasteiger partial charge in [0.05, 0.1) is 23.1 Å². The van der Waals surface area contributed by atoms with Gasteiger partial charge in [0, 0.05) is 18.3 Å². The number of aryl methyl sites for hydroxylation is 1. The number of nitrogens with zero attached hydrogens (tertiary/aromatic N) is 3. The van der Waals surface area contributed by atoms with Crippen LogP contribution in [0.5, 0.6) is 0 Å². The average molecular weight is 263 g/mol. The Hall–Kier alpha value is -2.02. The van der Waals surface area contributed by atoms with E-state index in [0.717, 1.165) is 17.1 Å². The number of amides is 1. The summed E-state index contributed by atoms with van der Waals surface area (Å²) in [6.45, 7) is 2.66. The largest absolute Gasteiger partial charge is 0.368 e. The van der Waals surface area contributed by atoms with Crippen LogP contribution in [0.25, 0.3) is 0 Å². The van der Waals surface area contributed by atoms with Crippen molar-refractivity contribution < 1.29 is 4.79 Å². The first kappa shape index (κ1) is 12.4. The lowest BCUT2D eigenvalue weighted by molar-refractivity contribution is 0.0995. The first-order chi connectivity index (χ1) is 8.65. The van der Waals surface area contributed by atoms with Gasteiger partial charge >= 0.3 is 0 Å². The van der Waals surface area contributed by atoms with Crippen LogP contribution in [0.4, 0.5) is 5.82 Å². The highest BCUT2D eigenvalue weighted by Gasteiger charge is 2.04. The fraction of sp³-hybridized carbons (Fsp3) is 0.273. The molecule has 0 aromatic carbocycles. The van der Waals surface area contributed by atoms with Gasteiger partial charge in [-0.05, 0) is 6.92 Å². The van der Waals surface area contributed by atoms with Crippen LogP contribution in [-0.2, 0) is 6.42 Å². The van der Waals surface area contributed by atoms with E-state index >= 15 is 0 Å². The molecule has 18 heavy (non-hydrogen) atoms. The number of nitrogens with two attached hydrogens (primary N) is 1. The summed E-state index contributed by atoms with van der Waals surface area (Å²) in [5.41, 5.74) is 6.33. The molecule has 0 aliphatic rings. The summed E-state index contributed by atoms with van der Waals surface area (Å²) in [5, 5.41) is 6.17. The van der Waals surface area contributed by atoms with E-state index in [9.17, 15) is 4.79 Å². The highest BCUT2D eigenvalue weighted by Crippen LogP contribution is 2.09. The fourth-order valence-electron chi connectivity index (χ4n) is 1.41. The van der Waals surface area contributed by atoms with E-state index in [0.29, 0.717) is 12.4 Å². The standard InChI is InChI=1S/C11H13N5OS/c1-7-15-8(6-18-7)2-3-14-10-5-13-4-9(16-10)11(12)17/h4-6H,2-3H2,1H3,(H2,12,17)(H,14,16). The predicted molar refractivity (Wildman–Crippen MR) is 69.6 cm³/mol. The maximum atomic E-state index is 10.9. The lowest BCUT2D eigenvalue weighted by atomic mass is 10.3. The first-order valence-corrected chi connectivity index (χ1v) is 6.30. The molecule has 0 spiro atoms. The summed E-state index contributed by atoms with van der Waals surface area (Å²) in [6.07, 6.45) is 3.70. The molecule has 0 saturated carbocycles. The van der Waals surface area contributed by atoms with Crippen molar-refractivity contribution in [1.29, 1.82) is 0 Å². The molecule has 2 heterocycles. The third kappa shape index (κ3) is 3.24. The van der Waals surface area contributed by atoms with Crippen LogP contribution in [0, 0.1) is 6.92 Å². The monoisotopic (exact) mass is 263 g/mol. The number of thiazole rings is 1. The van der Waals surface area contributed by atoms with Crippen molar-refractivity contribution >= 4 is 23.1 Å². The van der Waals surface area contributed by atoms with Crippen LogP contribution in [0.15, 0.2) is 17.8 Å². The van der Waals surface area contributed by atoms with Crippen molar-refractivity contribution in [3.05, 3.63) is 34.2 Å². The van der Waals surface area contributed by atoms with E-state index in [-0.39, 0.29) is 5.69 Å². The summed E-state index contributed by atoms with van der Waals surface area (Å²) in [7, 11) is 0. The van der Waals surface area contributed by atoms with Gasteiger partial charge in [0.15, 0.2) is 0 Å². The molecule has 7 heteroatoms. The van der Waals surface area contributed by atoms with E-state index in [1.165, 1.54) is 6.20 Å². The summed E-state index contributed by atoms with van der Waals surface area (Å²) < 4.78 is 0. The molecule has 2 rings (SSSR count). The van der Waals surface area contributed by atoms with Gasteiger partial charge in [-0.1, -0.05) is 0 Å². The Morgan fingerprint density at radius 1 is 1.44 bits per heavy atom. The molecule has 1 amide bonds. The van der Waals surface area contributed by atoms with Gasteiger partial charge in [-0.15, -0.1) is 11.3 Å². The number of hydrogen-bond acceptors (Lipinski definition) is 6. The second kappa shape index (κ2) is 5.54. The third-order valence-electron chi connectivity index (χ3n) is 2.24. The Labute approximate surface area is 108 Å². The number of carbonyl (C=O) groups excluding carboxylic acids is 1. The zero-order valence-electron chi connectivity index (χ0n) is 9.88. The second-order valence-electron chi connectivity index (χ2n) is 3.69. The number of nitrogens with one attached hydrogen (secondary N) is 1. The van der Waals surface area contributed by atoms with Crippen molar-refractivity contribution in [2.45, 2.75) is 13.3 Å². The Kier molecular flexibility index (Phi) is 3.83. The predicted octanol–water partition coefficient (Wildman–Crippen LogP) is 0.995. The van der Waals surface area contributed by atoms with Gasteiger partial charge in [-0.2, -0.15) is 0 Å². The number of carbonyl (C=O) groups is 1. The fourth-order valence-corrected chi connectivity index (χ4v) is 2.06. The Balaban J connectivity index is 1.90. The van der Waals surface area contributed by atoms with E-state index in [2.05, 4.69) is 20.3 Å². The molecule has 0 saturated heterocycles. The van der Waals surface area contributed by atoms with Crippen LogP contribution in [0.1, 0.15) is 21.2 Å². The lowest BCUT2D eigenvalue weighted by Gasteiger charge is -2.04. The Bertz CT molecular complexity index is 554. The van der Waals surface area contributed by atoms with Gasteiger partial charge in [0.2, 0.25) is 0 Å². The van der Waals surface area contributed by atoms with E-state index in [1.54, 1.807) is 17.5 Å². The highest BCUT2D eigenvalue weighted by molar-refractivity contribution is 7.09. The third-order valence-corrected chi connectivity index (χ3v) is 3.06. The molecule has 3 N–H and O–H groups in total. The zero-order chi connectivity index (χ0) is 13.0. The van der Waals surface area contributed by atoms with Crippen LogP contribution in [0.3, 0.4) is 0 Å². The van der Waals surface area contributed by atoms with Crippen molar-refractivity contribution in [2.24, 2.45) is 5.73 Å². The molecule has 2 aromatic heterocycles. The van der Waals surface area contributed by atoms with Gasteiger partial charge in [-0.25, -0.2) is 9.97 Å². The summed E-state index contributed by atoms with van der Waals surface area (Å²) >= 11 is 1.63. The SMILES string of the molecule is Cc1nc(CCNc2cncc(C(N)=O)n2)cs1. The quantitative estimate of drug-likeness (QED) is 0.839. The zero-order valence-corrected chi connectivity index (χ0v) is 10.7. The maximum absolute atomic E-state index is 10.9. The number of primary amides is 1. The summed E-state index contributed by atoms with van der Waals surface area (Å²) in [5.74, 6) is -0.0421. The lowest BCUT2D eigenvalue weighted by Crippen LogP contribution is -2.15.